The van der Waals surface area contributed by atoms with Gasteiger partial charge in [0.05, 0.1) is 12.8 Å². The van der Waals surface area contributed by atoms with Crippen molar-refractivity contribution in [2.45, 2.75) is 6.54 Å². The van der Waals surface area contributed by atoms with E-state index in [0.717, 1.165) is 21.5 Å². The lowest BCUT2D eigenvalue weighted by molar-refractivity contribution is 0.416. The molecule has 96 valence electrons. The molecular formula is C14H12BrN3O. The molecule has 1 aromatic heterocycles. The van der Waals surface area contributed by atoms with E-state index in [1.54, 1.807) is 19.4 Å². The van der Waals surface area contributed by atoms with Gasteiger partial charge in [0.25, 0.3) is 0 Å². The Labute approximate surface area is 120 Å². The van der Waals surface area contributed by atoms with Crippen LogP contribution in [-0.4, -0.2) is 12.1 Å². The van der Waals surface area contributed by atoms with E-state index in [-0.39, 0.29) is 0 Å². The first kappa shape index (κ1) is 13.4. The summed E-state index contributed by atoms with van der Waals surface area (Å²) in [6, 6.07) is 11.4. The van der Waals surface area contributed by atoms with Gasteiger partial charge in [0.2, 0.25) is 0 Å². The highest BCUT2D eigenvalue weighted by Crippen LogP contribution is 2.28. The predicted octanol–water partition coefficient (Wildman–Crippen LogP) is 3.34. The Morgan fingerprint density at radius 2 is 2.21 bits per heavy atom. The largest absolute Gasteiger partial charge is 0.495 e. The summed E-state index contributed by atoms with van der Waals surface area (Å²) in [4.78, 5) is 3.94. The number of ether oxygens (including phenoxy) is 1. The van der Waals surface area contributed by atoms with Crippen LogP contribution in [0.2, 0.25) is 0 Å². The Bertz CT molecular complexity index is 622. The van der Waals surface area contributed by atoms with Gasteiger partial charge >= 0.3 is 0 Å². The fourth-order valence-corrected chi connectivity index (χ4v) is 2.02. The van der Waals surface area contributed by atoms with E-state index in [9.17, 15) is 0 Å². The summed E-state index contributed by atoms with van der Waals surface area (Å²) in [5, 5.41) is 12.1. The molecule has 2 aromatic rings. The molecule has 4 nitrogen and oxygen atoms in total. The third kappa shape index (κ3) is 3.46. The molecule has 0 aliphatic heterocycles. The number of aromatic nitrogens is 1. The molecule has 1 aromatic carbocycles. The summed E-state index contributed by atoms with van der Waals surface area (Å²) in [6.07, 6.45) is 1.63. The van der Waals surface area contributed by atoms with Crippen LogP contribution in [0.15, 0.2) is 41.0 Å². The molecule has 0 amide bonds. The smallest absolute Gasteiger partial charge is 0.142 e. The average molecular weight is 318 g/mol. The van der Waals surface area contributed by atoms with Crippen molar-refractivity contribution in [3.8, 4) is 11.8 Å². The Balaban J connectivity index is 2.14. The van der Waals surface area contributed by atoms with Crippen LogP contribution in [0.25, 0.3) is 0 Å². The minimum Gasteiger partial charge on any atom is -0.495 e. The van der Waals surface area contributed by atoms with Gasteiger partial charge in [0.15, 0.2) is 0 Å². The van der Waals surface area contributed by atoms with Gasteiger partial charge in [0, 0.05) is 17.2 Å². The minimum atomic E-state index is 0.417. The number of rotatable bonds is 4. The first-order valence-corrected chi connectivity index (χ1v) is 6.44. The summed E-state index contributed by atoms with van der Waals surface area (Å²) >= 11 is 3.43. The van der Waals surface area contributed by atoms with Crippen LogP contribution in [0.1, 0.15) is 11.3 Å². The molecule has 0 saturated heterocycles. The van der Waals surface area contributed by atoms with Gasteiger partial charge in [-0.1, -0.05) is 15.9 Å². The maximum Gasteiger partial charge on any atom is 0.142 e. The lowest BCUT2D eigenvalue weighted by Gasteiger charge is -2.11. The van der Waals surface area contributed by atoms with Crippen LogP contribution >= 0.6 is 15.9 Å². The van der Waals surface area contributed by atoms with Crippen LogP contribution in [0, 0.1) is 11.3 Å². The summed E-state index contributed by atoms with van der Waals surface area (Å²) in [7, 11) is 1.63. The second kappa shape index (κ2) is 6.21. The fourth-order valence-electron chi connectivity index (χ4n) is 1.66. The molecule has 1 N–H and O–H groups in total. The number of benzene rings is 1. The predicted molar refractivity (Wildman–Crippen MR) is 77.0 cm³/mol. The molecule has 0 radical (unpaired) electrons. The first-order valence-electron chi connectivity index (χ1n) is 5.65. The lowest BCUT2D eigenvalue weighted by atomic mass is 10.2. The molecule has 0 unspecified atom stereocenters. The number of pyridine rings is 1. The van der Waals surface area contributed by atoms with E-state index in [1.807, 2.05) is 30.3 Å². The van der Waals surface area contributed by atoms with E-state index in [1.165, 1.54) is 0 Å². The molecule has 1 heterocycles. The maximum atomic E-state index is 8.81. The van der Waals surface area contributed by atoms with Crippen molar-refractivity contribution < 1.29 is 4.74 Å². The van der Waals surface area contributed by atoms with E-state index < -0.39 is 0 Å². The second-order valence-corrected chi connectivity index (χ2v) is 4.77. The highest BCUT2D eigenvalue weighted by Gasteiger charge is 2.04. The zero-order valence-electron chi connectivity index (χ0n) is 10.4. The van der Waals surface area contributed by atoms with Crippen molar-refractivity contribution in [2.24, 2.45) is 0 Å². The molecule has 0 aliphatic rings. The number of methoxy groups -OCH3 is 1. The molecule has 5 heteroatoms. The van der Waals surface area contributed by atoms with Crippen molar-refractivity contribution in [3.63, 3.8) is 0 Å². The Hall–Kier alpha value is -2.06. The van der Waals surface area contributed by atoms with Crippen LogP contribution in [0.5, 0.6) is 5.75 Å². The molecule has 0 atom stereocenters. The van der Waals surface area contributed by atoms with E-state index >= 15 is 0 Å². The zero-order valence-corrected chi connectivity index (χ0v) is 11.9. The number of nitrogens with one attached hydrogen (secondary N) is 1. The quantitative estimate of drug-likeness (QED) is 0.939. The van der Waals surface area contributed by atoms with Crippen LogP contribution < -0.4 is 10.1 Å². The summed E-state index contributed by atoms with van der Waals surface area (Å²) in [5.41, 5.74) is 2.31. The maximum absolute atomic E-state index is 8.81. The standard InChI is InChI=1S/C14H12BrN3O/c1-19-14-3-2-11(15)7-13(14)18-9-10-4-5-17-12(6-10)8-16/h2-7,18H,9H2,1H3. The van der Waals surface area contributed by atoms with Crippen molar-refractivity contribution in [1.29, 1.82) is 5.26 Å². The lowest BCUT2D eigenvalue weighted by Crippen LogP contribution is -2.02. The van der Waals surface area contributed by atoms with Crippen LogP contribution in [-0.2, 0) is 6.54 Å². The van der Waals surface area contributed by atoms with E-state index in [0.29, 0.717) is 12.2 Å². The van der Waals surface area contributed by atoms with Gasteiger partial charge in [-0.05, 0) is 35.9 Å². The van der Waals surface area contributed by atoms with Gasteiger partial charge in [-0.3, -0.25) is 0 Å². The van der Waals surface area contributed by atoms with Gasteiger partial charge in [-0.25, -0.2) is 4.98 Å². The highest BCUT2D eigenvalue weighted by molar-refractivity contribution is 9.10. The third-order valence-electron chi connectivity index (χ3n) is 2.58. The Kier molecular flexibility index (Phi) is 4.37. The first-order chi connectivity index (χ1) is 9.22. The molecular weight excluding hydrogens is 306 g/mol. The fraction of sp³-hybridized carbons (Fsp3) is 0.143. The third-order valence-corrected chi connectivity index (χ3v) is 3.08. The van der Waals surface area contributed by atoms with Crippen LogP contribution in [0.4, 0.5) is 5.69 Å². The van der Waals surface area contributed by atoms with Crippen LogP contribution in [0.3, 0.4) is 0 Å². The van der Waals surface area contributed by atoms with Crippen molar-refractivity contribution in [2.75, 3.05) is 12.4 Å². The number of nitrogens with zero attached hydrogens (tertiary/aromatic N) is 2. The number of hydrogen-bond donors (Lipinski definition) is 1. The molecule has 0 bridgehead atoms. The number of hydrogen-bond acceptors (Lipinski definition) is 4. The summed E-state index contributed by atoms with van der Waals surface area (Å²) < 4.78 is 6.26. The topological polar surface area (TPSA) is 57.9 Å². The van der Waals surface area contributed by atoms with Gasteiger partial charge < -0.3 is 10.1 Å². The molecule has 0 fully saturated rings. The molecule has 2 rings (SSSR count). The molecule has 0 aliphatic carbocycles. The highest BCUT2D eigenvalue weighted by atomic mass is 79.9. The molecule has 0 saturated carbocycles. The normalized spacial score (nSPS) is 9.74. The number of halogens is 1. The van der Waals surface area contributed by atoms with Gasteiger partial charge in [-0.15, -0.1) is 0 Å². The SMILES string of the molecule is COc1ccc(Br)cc1NCc1ccnc(C#N)c1. The Morgan fingerprint density at radius 1 is 1.37 bits per heavy atom. The number of nitriles is 1. The number of anilines is 1. The van der Waals surface area contributed by atoms with Gasteiger partial charge in [-0.2, -0.15) is 5.26 Å². The van der Waals surface area contributed by atoms with Crippen molar-refractivity contribution in [1.82, 2.24) is 4.98 Å². The monoisotopic (exact) mass is 317 g/mol. The summed E-state index contributed by atoms with van der Waals surface area (Å²) in [5.74, 6) is 0.776. The van der Waals surface area contributed by atoms with Crippen molar-refractivity contribution >= 4 is 21.6 Å². The zero-order chi connectivity index (χ0) is 13.7. The Morgan fingerprint density at radius 3 is 2.95 bits per heavy atom. The minimum absolute atomic E-state index is 0.417. The van der Waals surface area contributed by atoms with Gasteiger partial charge in [0.1, 0.15) is 17.5 Å². The van der Waals surface area contributed by atoms with E-state index in [4.69, 9.17) is 10.00 Å². The summed E-state index contributed by atoms with van der Waals surface area (Å²) in [6.45, 7) is 0.601. The molecule has 19 heavy (non-hydrogen) atoms. The van der Waals surface area contributed by atoms with Crippen molar-refractivity contribution in [3.05, 3.63) is 52.3 Å². The molecule has 0 spiro atoms. The van der Waals surface area contributed by atoms with E-state index in [2.05, 4.69) is 26.2 Å². The average Bonchev–Trinajstić information content (AvgIpc) is 2.45. The second-order valence-electron chi connectivity index (χ2n) is 3.86.